The fourth-order valence-corrected chi connectivity index (χ4v) is 4.04. The topological polar surface area (TPSA) is 24.9 Å². The van der Waals surface area contributed by atoms with Gasteiger partial charge in [0.05, 0.1) is 11.7 Å². The van der Waals surface area contributed by atoms with Gasteiger partial charge in [0.1, 0.15) is 10.8 Å². The summed E-state index contributed by atoms with van der Waals surface area (Å²) >= 11 is 1.66. The van der Waals surface area contributed by atoms with Crippen molar-refractivity contribution in [2.75, 3.05) is 6.54 Å². The van der Waals surface area contributed by atoms with Crippen molar-refractivity contribution in [3.05, 3.63) is 40.2 Å². The Hall–Kier alpha value is -1.26. The van der Waals surface area contributed by atoms with Gasteiger partial charge in [-0.2, -0.15) is 0 Å². The second-order valence-corrected chi connectivity index (χ2v) is 6.79. The molecule has 21 heavy (non-hydrogen) atoms. The normalized spacial score (nSPS) is 17.8. The third-order valence-corrected chi connectivity index (χ3v) is 5.11. The van der Waals surface area contributed by atoms with Crippen molar-refractivity contribution < 1.29 is 4.39 Å². The first-order chi connectivity index (χ1) is 10.2. The molecular weight excluding hydrogens is 283 g/mol. The number of fused-ring (bicyclic) bond motifs is 1. The van der Waals surface area contributed by atoms with Gasteiger partial charge in [-0.25, -0.2) is 9.37 Å². The molecule has 0 saturated carbocycles. The molecule has 2 aromatic rings. The molecule has 2 nitrogen and oxygen atoms in total. The number of thiazole rings is 1. The molecule has 0 radical (unpaired) electrons. The SMILES string of the molecule is CCCNC1CCCc2sc(-c3cc(C)ccc3F)nc21. The van der Waals surface area contributed by atoms with Crippen molar-refractivity contribution in [3.63, 3.8) is 0 Å². The lowest BCUT2D eigenvalue weighted by Crippen LogP contribution is -2.25. The van der Waals surface area contributed by atoms with E-state index in [1.165, 1.54) is 17.4 Å². The van der Waals surface area contributed by atoms with E-state index in [1.807, 2.05) is 13.0 Å². The Labute approximate surface area is 129 Å². The van der Waals surface area contributed by atoms with E-state index < -0.39 is 0 Å². The molecule has 1 aliphatic rings. The van der Waals surface area contributed by atoms with Crippen LogP contribution in [0.2, 0.25) is 0 Å². The van der Waals surface area contributed by atoms with E-state index in [4.69, 9.17) is 4.98 Å². The maximum atomic E-state index is 14.1. The minimum absolute atomic E-state index is 0.176. The third-order valence-electron chi connectivity index (χ3n) is 3.95. The van der Waals surface area contributed by atoms with Gasteiger partial charge in [-0.3, -0.25) is 0 Å². The van der Waals surface area contributed by atoms with Crippen LogP contribution in [0.4, 0.5) is 4.39 Å². The Balaban J connectivity index is 1.96. The van der Waals surface area contributed by atoms with E-state index >= 15 is 0 Å². The standard InChI is InChI=1S/C17H21FN2S/c1-3-9-19-14-5-4-6-15-16(14)20-17(21-15)12-10-11(2)7-8-13(12)18/h7-8,10,14,19H,3-6,9H2,1-2H3. The fraction of sp³-hybridized carbons (Fsp3) is 0.471. The molecule has 0 fully saturated rings. The van der Waals surface area contributed by atoms with E-state index in [1.54, 1.807) is 17.4 Å². The van der Waals surface area contributed by atoms with Crippen molar-refractivity contribution >= 4 is 11.3 Å². The van der Waals surface area contributed by atoms with Gasteiger partial charge in [-0.1, -0.05) is 18.6 Å². The summed E-state index contributed by atoms with van der Waals surface area (Å²) in [6.45, 7) is 5.17. The number of rotatable bonds is 4. The zero-order valence-corrected chi connectivity index (χ0v) is 13.4. The number of aromatic nitrogens is 1. The summed E-state index contributed by atoms with van der Waals surface area (Å²) in [5, 5.41) is 4.39. The lowest BCUT2D eigenvalue weighted by Gasteiger charge is -2.22. The van der Waals surface area contributed by atoms with E-state index in [0.717, 1.165) is 42.1 Å². The second-order valence-electron chi connectivity index (χ2n) is 5.71. The van der Waals surface area contributed by atoms with Crippen molar-refractivity contribution in [1.82, 2.24) is 10.3 Å². The average molecular weight is 304 g/mol. The molecule has 1 atom stereocenters. The van der Waals surface area contributed by atoms with Crippen molar-refractivity contribution in [3.8, 4) is 10.6 Å². The van der Waals surface area contributed by atoms with Gasteiger partial charge in [0.15, 0.2) is 0 Å². The highest BCUT2D eigenvalue weighted by Gasteiger charge is 2.25. The zero-order chi connectivity index (χ0) is 14.8. The van der Waals surface area contributed by atoms with Crippen molar-refractivity contribution in [1.29, 1.82) is 0 Å². The van der Waals surface area contributed by atoms with Crippen LogP contribution < -0.4 is 5.32 Å². The van der Waals surface area contributed by atoms with Crippen LogP contribution in [-0.2, 0) is 6.42 Å². The molecular formula is C17H21FN2S. The van der Waals surface area contributed by atoms with Gasteiger partial charge in [0, 0.05) is 10.4 Å². The molecule has 0 saturated heterocycles. The van der Waals surface area contributed by atoms with Crippen LogP contribution in [0.1, 0.15) is 48.4 Å². The van der Waals surface area contributed by atoms with Crippen LogP contribution in [0.15, 0.2) is 18.2 Å². The number of benzene rings is 1. The molecule has 1 N–H and O–H groups in total. The number of hydrogen-bond donors (Lipinski definition) is 1. The Morgan fingerprint density at radius 2 is 2.29 bits per heavy atom. The molecule has 0 amide bonds. The Morgan fingerprint density at radius 3 is 3.10 bits per heavy atom. The summed E-state index contributed by atoms with van der Waals surface area (Å²) in [5.74, 6) is -0.176. The van der Waals surface area contributed by atoms with Crippen LogP contribution in [0.25, 0.3) is 10.6 Å². The Kier molecular flexibility index (Phi) is 4.36. The average Bonchev–Trinajstić information content (AvgIpc) is 2.92. The predicted octanol–water partition coefficient (Wildman–Crippen LogP) is 4.63. The van der Waals surface area contributed by atoms with Crippen molar-refractivity contribution in [2.24, 2.45) is 0 Å². The molecule has 1 heterocycles. The molecule has 1 aliphatic carbocycles. The first-order valence-corrected chi connectivity index (χ1v) is 8.50. The Bertz CT molecular complexity index is 636. The van der Waals surface area contributed by atoms with Crippen LogP contribution in [0, 0.1) is 12.7 Å². The lowest BCUT2D eigenvalue weighted by molar-refractivity contribution is 0.454. The van der Waals surface area contributed by atoms with Gasteiger partial charge in [-0.05, 0) is 51.3 Å². The molecule has 0 spiro atoms. The van der Waals surface area contributed by atoms with E-state index in [9.17, 15) is 4.39 Å². The highest BCUT2D eigenvalue weighted by atomic mass is 32.1. The van der Waals surface area contributed by atoms with E-state index in [2.05, 4.69) is 12.2 Å². The molecule has 0 bridgehead atoms. The highest BCUT2D eigenvalue weighted by molar-refractivity contribution is 7.15. The Morgan fingerprint density at radius 1 is 1.43 bits per heavy atom. The highest BCUT2D eigenvalue weighted by Crippen LogP contribution is 2.38. The molecule has 0 aliphatic heterocycles. The summed E-state index contributed by atoms with van der Waals surface area (Å²) in [5.41, 5.74) is 2.86. The molecule has 1 aromatic heterocycles. The molecule has 112 valence electrons. The molecule has 1 aromatic carbocycles. The minimum Gasteiger partial charge on any atom is -0.309 e. The van der Waals surface area contributed by atoms with Gasteiger partial charge in [0.2, 0.25) is 0 Å². The molecule has 1 unspecified atom stereocenters. The summed E-state index contributed by atoms with van der Waals surface area (Å²) in [7, 11) is 0. The van der Waals surface area contributed by atoms with Gasteiger partial charge in [0.25, 0.3) is 0 Å². The van der Waals surface area contributed by atoms with Gasteiger partial charge in [-0.15, -0.1) is 11.3 Å². The third kappa shape index (κ3) is 3.01. The summed E-state index contributed by atoms with van der Waals surface area (Å²) < 4.78 is 14.1. The first-order valence-electron chi connectivity index (χ1n) is 7.68. The van der Waals surface area contributed by atoms with Gasteiger partial charge < -0.3 is 5.32 Å². The van der Waals surface area contributed by atoms with Crippen LogP contribution >= 0.6 is 11.3 Å². The van der Waals surface area contributed by atoms with Crippen molar-refractivity contribution in [2.45, 2.75) is 45.6 Å². The largest absolute Gasteiger partial charge is 0.309 e. The number of nitrogens with zero attached hydrogens (tertiary/aromatic N) is 1. The molecule has 3 rings (SSSR count). The van der Waals surface area contributed by atoms with Crippen LogP contribution in [0.3, 0.4) is 0 Å². The van der Waals surface area contributed by atoms with E-state index in [0.29, 0.717) is 11.6 Å². The molecule has 4 heteroatoms. The second kappa shape index (κ2) is 6.24. The maximum Gasteiger partial charge on any atom is 0.133 e. The van der Waals surface area contributed by atoms with Crippen LogP contribution in [-0.4, -0.2) is 11.5 Å². The smallest absolute Gasteiger partial charge is 0.133 e. The zero-order valence-electron chi connectivity index (χ0n) is 12.6. The maximum absolute atomic E-state index is 14.1. The van der Waals surface area contributed by atoms with E-state index in [-0.39, 0.29) is 5.82 Å². The van der Waals surface area contributed by atoms with Crippen LogP contribution in [0.5, 0.6) is 0 Å². The monoisotopic (exact) mass is 304 g/mol. The lowest BCUT2D eigenvalue weighted by atomic mass is 9.97. The number of hydrogen-bond acceptors (Lipinski definition) is 3. The first kappa shape index (κ1) is 14.7. The fourth-order valence-electron chi connectivity index (χ4n) is 2.85. The summed E-state index contributed by atoms with van der Waals surface area (Å²) in [6, 6.07) is 5.58. The number of aryl methyl sites for hydroxylation is 2. The summed E-state index contributed by atoms with van der Waals surface area (Å²) in [4.78, 5) is 6.10. The predicted molar refractivity (Wildman–Crippen MR) is 86.2 cm³/mol. The minimum atomic E-state index is -0.176. The summed E-state index contributed by atoms with van der Waals surface area (Å²) in [6.07, 6.45) is 4.51. The van der Waals surface area contributed by atoms with Gasteiger partial charge >= 0.3 is 0 Å². The number of nitrogens with one attached hydrogen (secondary N) is 1. The quantitative estimate of drug-likeness (QED) is 0.890. The number of halogens is 1.